The van der Waals surface area contributed by atoms with Gasteiger partial charge in [-0.25, -0.2) is 0 Å². The third-order valence-corrected chi connectivity index (χ3v) is 6.17. The molecule has 0 saturated heterocycles. The number of phenolic OH excluding ortho intramolecular Hbond substituents is 1. The average Bonchev–Trinajstić information content (AvgIpc) is 3.09. The predicted octanol–water partition coefficient (Wildman–Crippen LogP) is 3.88. The number of ketones is 1. The van der Waals surface area contributed by atoms with E-state index in [4.69, 9.17) is 9.47 Å². The molecule has 0 amide bonds. The maximum absolute atomic E-state index is 12.9. The average molecular weight is 427 g/mol. The van der Waals surface area contributed by atoms with Crippen molar-refractivity contribution < 1.29 is 29.6 Å². The highest BCUT2D eigenvalue weighted by Gasteiger charge is 2.36. The molecule has 2 aliphatic rings. The van der Waals surface area contributed by atoms with E-state index in [1.54, 1.807) is 26.0 Å². The molecule has 0 saturated carbocycles. The van der Waals surface area contributed by atoms with Crippen LogP contribution in [-0.4, -0.2) is 38.4 Å². The van der Waals surface area contributed by atoms with Gasteiger partial charge in [-0.05, 0) is 75.4 Å². The lowest BCUT2D eigenvalue weighted by atomic mass is 9.91. The highest BCUT2D eigenvalue weighted by atomic mass is 16.5. The second kappa shape index (κ2) is 7.53. The van der Waals surface area contributed by atoms with Gasteiger partial charge in [-0.1, -0.05) is 6.07 Å². The minimum Gasteiger partial charge on any atom is -0.507 e. The van der Waals surface area contributed by atoms with Crippen molar-refractivity contribution in [2.75, 3.05) is 0 Å². The van der Waals surface area contributed by atoms with Crippen LogP contribution in [0.4, 0.5) is 0 Å². The highest BCUT2D eigenvalue weighted by molar-refractivity contribution is 5.99. The first-order valence-corrected chi connectivity index (χ1v) is 10.7. The summed E-state index contributed by atoms with van der Waals surface area (Å²) < 4.78 is 11.7. The molecule has 0 bridgehead atoms. The minimum atomic E-state index is -1.04. The molecule has 2 aromatic carbocycles. The van der Waals surface area contributed by atoms with Gasteiger partial charge in [-0.3, -0.25) is 4.79 Å². The molecule has 0 aliphatic carbocycles. The van der Waals surface area contributed by atoms with Gasteiger partial charge >= 0.3 is 0 Å². The molecule has 166 valence electrons. The molecule has 0 fully saturated rings. The number of aromatic hydroxyl groups is 1. The molecule has 0 unspecified atom stereocenters. The van der Waals surface area contributed by atoms with Crippen LogP contribution in [0.2, 0.25) is 0 Å². The summed E-state index contributed by atoms with van der Waals surface area (Å²) >= 11 is 0. The van der Waals surface area contributed by atoms with Crippen LogP contribution in [0.15, 0.2) is 30.3 Å². The van der Waals surface area contributed by atoms with E-state index in [0.29, 0.717) is 17.7 Å². The number of hydrogen-bond acceptors (Lipinski definition) is 6. The Kier molecular flexibility index (Phi) is 5.26. The van der Waals surface area contributed by atoms with Crippen LogP contribution >= 0.6 is 0 Å². The Morgan fingerprint density at radius 3 is 2.65 bits per heavy atom. The van der Waals surface area contributed by atoms with Crippen LogP contribution in [-0.2, 0) is 12.8 Å². The number of carbonyl (C=O) groups excluding carboxylic acids is 1. The molecule has 6 nitrogen and oxygen atoms in total. The maximum atomic E-state index is 12.9. The number of carbonyl (C=O) groups is 1. The van der Waals surface area contributed by atoms with Crippen LogP contribution in [0.1, 0.15) is 73.7 Å². The first-order chi connectivity index (χ1) is 14.4. The zero-order chi connectivity index (χ0) is 22.6. The van der Waals surface area contributed by atoms with Crippen molar-refractivity contribution in [1.29, 1.82) is 0 Å². The van der Waals surface area contributed by atoms with Crippen LogP contribution in [0, 0.1) is 0 Å². The molecule has 31 heavy (non-hydrogen) atoms. The number of fused-ring (bicyclic) bond motifs is 2. The molecule has 3 N–H and O–H groups in total. The first-order valence-electron chi connectivity index (χ1n) is 10.7. The number of aryl methyl sites for hydroxylation is 1. The van der Waals surface area contributed by atoms with E-state index in [0.717, 1.165) is 29.7 Å². The molecule has 2 aliphatic heterocycles. The minimum absolute atomic E-state index is 0.146. The van der Waals surface area contributed by atoms with E-state index in [1.807, 2.05) is 12.1 Å². The van der Waals surface area contributed by atoms with E-state index in [9.17, 15) is 20.1 Å². The van der Waals surface area contributed by atoms with Gasteiger partial charge in [-0.15, -0.1) is 0 Å². The topological polar surface area (TPSA) is 96.2 Å². The van der Waals surface area contributed by atoms with Crippen molar-refractivity contribution in [3.8, 4) is 17.2 Å². The summed E-state index contributed by atoms with van der Waals surface area (Å²) in [4.78, 5) is 12.9. The van der Waals surface area contributed by atoms with Crippen molar-refractivity contribution in [3.63, 3.8) is 0 Å². The van der Waals surface area contributed by atoms with Crippen molar-refractivity contribution in [3.05, 3.63) is 52.6 Å². The summed E-state index contributed by atoms with van der Waals surface area (Å²) in [5.41, 5.74) is 1.35. The van der Waals surface area contributed by atoms with Crippen LogP contribution in [0.5, 0.6) is 17.2 Å². The van der Waals surface area contributed by atoms with Gasteiger partial charge in [0.15, 0.2) is 5.78 Å². The Balaban J connectivity index is 1.49. The van der Waals surface area contributed by atoms with Crippen LogP contribution < -0.4 is 9.47 Å². The van der Waals surface area contributed by atoms with Gasteiger partial charge in [-0.2, -0.15) is 0 Å². The maximum Gasteiger partial charge on any atom is 0.169 e. The smallest absolute Gasteiger partial charge is 0.169 e. The molecule has 4 rings (SSSR count). The molecular weight excluding hydrogens is 396 g/mol. The molecule has 2 atom stereocenters. The lowest BCUT2D eigenvalue weighted by Gasteiger charge is -2.33. The second-order valence-electron chi connectivity index (χ2n) is 9.81. The monoisotopic (exact) mass is 426 g/mol. The van der Waals surface area contributed by atoms with Crippen LogP contribution in [0.25, 0.3) is 0 Å². The van der Waals surface area contributed by atoms with Gasteiger partial charge in [0.25, 0.3) is 0 Å². The summed E-state index contributed by atoms with van der Waals surface area (Å²) in [6, 6.07) is 8.54. The number of aliphatic hydroxyl groups excluding tert-OH is 1. The van der Waals surface area contributed by atoms with Gasteiger partial charge in [0.2, 0.25) is 0 Å². The van der Waals surface area contributed by atoms with Gasteiger partial charge in [0.05, 0.1) is 17.3 Å². The molecule has 6 heteroatoms. The standard InChI is InChI=1S/C25H30O6/c1-24(2)8-7-15-9-14(5-6-21(15)31-24)18(26)12-19(27)17-10-16-11-23(25(3,4)29)30-22(16)13-20(17)28/h5-6,9-10,13,18,23,26,28-29H,7-8,11-12H2,1-4H3/t18-,23-/m0/s1. The number of phenols is 1. The van der Waals surface area contributed by atoms with Crippen molar-refractivity contribution >= 4 is 5.78 Å². The van der Waals surface area contributed by atoms with Gasteiger partial charge in [0.1, 0.15) is 29.0 Å². The van der Waals surface area contributed by atoms with E-state index in [1.165, 1.54) is 6.07 Å². The summed E-state index contributed by atoms with van der Waals surface area (Å²) in [6.07, 6.45) is 0.609. The number of rotatable bonds is 5. The summed E-state index contributed by atoms with van der Waals surface area (Å²) in [5, 5.41) is 31.3. The summed E-state index contributed by atoms with van der Waals surface area (Å²) in [5.74, 6) is 0.749. The Morgan fingerprint density at radius 2 is 1.94 bits per heavy atom. The number of aliphatic hydroxyl groups is 2. The highest BCUT2D eigenvalue weighted by Crippen LogP contribution is 2.39. The Morgan fingerprint density at radius 1 is 1.19 bits per heavy atom. The SMILES string of the molecule is CC1(C)CCc2cc([C@@H](O)CC(=O)c3cc4c(cc3O)O[C@H](C(C)(C)O)C4)ccc2O1. The molecular formula is C25H30O6. The van der Waals surface area contributed by atoms with E-state index < -0.39 is 17.8 Å². The lowest BCUT2D eigenvalue weighted by molar-refractivity contribution is -0.0230. The number of ether oxygens (including phenoxy) is 2. The third-order valence-electron chi connectivity index (χ3n) is 6.17. The summed E-state index contributed by atoms with van der Waals surface area (Å²) in [7, 11) is 0. The Hall–Kier alpha value is -2.57. The van der Waals surface area contributed by atoms with Crippen molar-refractivity contribution in [2.24, 2.45) is 0 Å². The molecule has 0 spiro atoms. The zero-order valence-electron chi connectivity index (χ0n) is 18.4. The Labute approximate surface area is 182 Å². The second-order valence-corrected chi connectivity index (χ2v) is 9.81. The fourth-order valence-corrected chi connectivity index (χ4v) is 4.18. The molecule has 0 radical (unpaired) electrons. The Bertz CT molecular complexity index is 1020. The van der Waals surface area contributed by atoms with E-state index >= 15 is 0 Å². The zero-order valence-corrected chi connectivity index (χ0v) is 18.4. The quantitative estimate of drug-likeness (QED) is 0.628. The van der Waals surface area contributed by atoms with Crippen LogP contribution in [0.3, 0.4) is 0 Å². The van der Waals surface area contributed by atoms with E-state index in [2.05, 4.69) is 13.8 Å². The fourth-order valence-electron chi connectivity index (χ4n) is 4.18. The molecule has 0 aromatic heterocycles. The predicted molar refractivity (Wildman–Crippen MR) is 116 cm³/mol. The van der Waals surface area contributed by atoms with Crippen molar-refractivity contribution in [1.82, 2.24) is 0 Å². The third kappa shape index (κ3) is 4.41. The lowest BCUT2D eigenvalue weighted by Crippen LogP contribution is -2.39. The largest absolute Gasteiger partial charge is 0.507 e. The number of Topliss-reactive ketones (excluding diaryl/α,β-unsaturated/α-hetero) is 1. The molecule has 2 aromatic rings. The summed E-state index contributed by atoms with van der Waals surface area (Å²) in [6.45, 7) is 7.43. The normalized spacial score (nSPS) is 20.3. The van der Waals surface area contributed by atoms with Crippen molar-refractivity contribution in [2.45, 2.75) is 76.8 Å². The first kappa shape index (κ1) is 21.7. The number of benzene rings is 2. The number of hydrogen-bond donors (Lipinski definition) is 3. The fraction of sp³-hybridized carbons (Fsp3) is 0.480. The van der Waals surface area contributed by atoms with Gasteiger partial charge < -0.3 is 24.8 Å². The molecule has 2 heterocycles. The van der Waals surface area contributed by atoms with E-state index in [-0.39, 0.29) is 29.1 Å². The van der Waals surface area contributed by atoms with Gasteiger partial charge in [0, 0.05) is 18.9 Å².